The molecule has 26 heavy (non-hydrogen) atoms. The highest BCUT2D eigenvalue weighted by atomic mass is 32.2. The van der Waals surface area contributed by atoms with Gasteiger partial charge in [0.1, 0.15) is 5.82 Å². The number of carbonyl (C=O) groups is 1. The Hall–Kier alpha value is -2.95. The quantitative estimate of drug-likeness (QED) is 0.508. The monoisotopic (exact) mass is 390 g/mol. The number of thiazole rings is 1. The average molecular weight is 390 g/mol. The van der Waals surface area contributed by atoms with Gasteiger partial charge in [-0.25, -0.2) is 23.3 Å². The first-order valence-electron chi connectivity index (χ1n) is 7.27. The fourth-order valence-electron chi connectivity index (χ4n) is 2.08. The molecule has 0 radical (unpaired) electrons. The van der Waals surface area contributed by atoms with Crippen LogP contribution in [0, 0.1) is 0 Å². The number of benzene rings is 2. The lowest BCUT2D eigenvalue weighted by Crippen LogP contribution is -2.11. The van der Waals surface area contributed by atoms with Crippen molar-refractivity contribution in [3.05, 3.63) is 59.5 Å². The summed E-state index contributed by atoms with van der Waals surface area (Å²) in [5, 5.41) is 22.5. The predicted octanol–water partition coefficient (Wildman–Crippen LogP) is 2.98. The Kier molecular flexibility index (Phi) is 4.89. The van der Waals surface area contributed by atoms with Crippen molar-refractivity contribution in [1.82, 2.24) is 4.98 Å². The molecule has 0 aliphatic carbocycles. The van der Waals surface area contributed by atoms with Crippen LogP contribution in [-0.2, 0) is 10.0 Å². The molecule has 1 heterocycles. The molecule has 5 N–H and O–H groups in total. The SMILES string of the molecule is NS(=O)(=O)c1ccc(Nc2nc(Nc3ccc(C(=O)O)cc3)cs2)cc1. The van der Waals surface area contributed by atoms with E-state index in [-0.39, 0.29) is 10.5 Å². The van der Waals surface area contributed by atoms with Crippen LogP contribution in [0.25, 0.3) is 0 Å². The van der Waals surface area contributed by atoms with Gasteiger partial charge in [-0.3, -0.25) is 0 Å². The molecule has 0 saturated heterocycles. The number of hydrogen-bond acceptors (Lipinski definition) is 7. The number of nitrogens with two attached hydrogens (primary N) is 1. The maximum absolute atomic E-state index is 11.2. The second-order valence-corrected chi connectivity index (χ2v) is 7.66. The number of anilines is 4. The van der Waals surface area contributed by atoms with Gasteiger partial charge >= 0.3 is 5.97 Å². The van der Waals surface area contributed by atoms with E-state index in [0.29, 0.717) is 22.3 Å². The van der Waals surface area contributed by atoms with Gasteiger partial charge in [0, 0.05) is 16.8 Å². The predicted molar refractivity (Wildman–Crippen MR) is 99.9 cm³/mol. The fraction of sp³-hybridized carbons (Fsp3) is 0. The third-order valence-corrected chi connectivity index (χ3v) is 5.03. The Morgan fingerprint density at radius 2 is 1.58 bits per heavy atom. The van der Waals surface area contributed by atoms with Crippen molar-refractivity contribution in [2.45, 2.75) is 4.90 Å². The standard InChI is InChI=1S/C16H14N4O4S2/c17-26(23,24)13-7-5-12(6-8-13)19-16-20-14(9-25-16)18-11-3-1-10(2-4-11)15(21)22/h1-9,18H,(H,19,20)(H,21,22)(H2,17,23,24). The van der Waals surface area contributed by atoms with Crippen molar-refractivity contribution in [3.63, 3.8) is 0 Å². The minimum absolute atomic E-state index is 0.0364. The number of sulfonamides is 1. The molecule has 134 valence electrons. The van der Waals surface area contributed by atoms with Gasteiger partial charge in [0.05, 0.1) is 10.5 Å². The Balaban J connectivity index is 1.67. The molecule has 0 spiro atoms. The van der Waals surface area contributed by atoms with E-state index in [2.05, 4.69) is 15.6 Å². The van der Waals surface area contributed by atoms with Crippen LogP contribution in [0.15, 0.2) is 58.8 Å². The number of carboxylic acid groups (broad SMARTS) is 1. The molecule has 0 amide bonds. The van der Waals surface area contributed by atoms with E-state index in [1.807, 2.05) is 0 Å². The van der Waals surface area contributed by atoms with Crippen LogP contribution in [0.1, 0.15) is 10.4 Å². The summed E-state index contributed by atoms with van der Waals surface area (Å²) in [6, 6.07) is 12.3. The van der Waals surface area contributed by atoms with Gasteiger partial charge < -0.3 is 15.7 Å². The van der Waals surface area contributed by atoms with Crippen LogP contribution in [0.2, 0.25) is 0 Å². The second-order valence-electron chi connectivity index (χ2n) is 5.24. The summed E-state index contributed by atoms with van der Waals surface area (Å²) in [4.78, 5) is 15.2. The van der Waals surface area contributed by atoms with Gasteiger partial charge in [-0.1, -0.05) is 0 Å². The van der Waals surface area contributed by atoms with Gasteiger partial charge in [-0.2, -0.15) is 0 Å². The van der Waals surface area contributed by atoms with Gasteiger partial charge in [-0.05, 0) is 48.5 Å². The summed E-state index contributed by atoms with van der Waals surface area (Å²) in [5.41, 5.74) is 1.59. The van der Waals surface area contributed by atoms with Crippen LogP contribution in [-0.4, -0.2) is 24.5 Å². The second kappa shape index (κ2) is 7.12. The zero-order valence-electron chi connectivity index (χ0n) is 13.2. The molecule has 0 fully saturated rings. The van der Waals surface area contributed by atoms with E-state index in [4.69, 9.17) is 10.2 Å². The number of aromatic carboxylic acids is 1. The first kappa shape index (κ1) is 17.9. The molecule has 8 nitrogen and oxygen atoms in total. The topological polar surface area (TPSA) is 134 Å². The first-order chi connectivity index (χ1) is 12.3. The summed E-state index contributed by atoms with van der Waals surface area (Å²) in [6.45, 7) is 0. The smallest absolute Gasteiger partial charge is 0.335 e. The van der Waals surface area contributed by atoms with Crippen LogP contribution in [0.3, 0.4) is 0 Å². The summed E-state index contributed by atoms with van der Waals surface area (Å²) >= 11 is 1.36. The van der Waals surface area contributed by atoms with Crippen molar-refractivity contribution < 1.29 is 18.3 Å². The number of rotatable bonds is 6. The Morgan fingerprint density at radius 3 is 2.15 bits per heavy atom. The first-order valence-corrected chi connectivity index (χ1v) is 9.70. The molecule has 0 bridgehead atoms. The van der Waals surface area contributed by atoms with Crippen LogP contribution < -0.4 is 15.8 Å². The number of primary sulfonamides is 1. The molecule has 2 aromatic carbocycles. The van der Waals surface area contributed by atoms with Crippen LogP contribution in [0.5, 0.6) is 0 Å². The van der Waals surface area contributed by atoms with Crippen molar-refractivity contribution in [1.29, 1.82) is 0 Å². The molecule has 10 heteroatoms. The molecule has 0 aliphatic rings. The molecule has 0 unspecified atom stereocenters. The number of nitrogens with one attached hydrogen (secondary N) is 2. The lowest BCUT2D eigenvalue weighted by atomic mass is 10.2. The van der Waals surface area contributed by atoms with Crippen molar-refractivity contribution >= 4 is 49.7 Å². The van der Waals surface area contributed by atoms with Gasteiger partial charge in [0.25, 0.3) is 0 Å². The average Bonchev–Trinajstić information content (AvgIpc) is 3.02. The molecular formula is C16H14N4O4S2. The maximum Gasteiger partial charge on any atom is 0.335 e. The summed E-state index contributed by atoms with van der Waals surface area (Å²) in [6.07, 6.45) is 0. The minimum Gasteiger partial charge on any atom is -0.478 e. The third-order valence-electron chi connectivity index (χ3n) is 3.34. The third kappa shape index (κ3) is 4.36. The summed E-state index contributed by atoms with van der Waals surface area (Å²) < 4.78 is 22.5. The number of carboxylic acids is 1. The highest BCUT2D eigenvalue weighted by Gasteiger charge is 2.08. The number of hydrogen-bond donors (Lipinski definition) is 4. The summed E-state index contributed by atoms with van der Waals surface area (Å²) in [7, 11) is -3.72. The summed E-state index contributed by atoms with van der Waals surface area (Å²) in [5.74, 6) is -0.383. The number of nitrogens with zero attached hydrogens (tertiary/aromatic N) is 1. The van der Waals surface area contributed by atoms with E-state index < -0.39 is 16.0 Å². The lowest BCUT2D eigenvalue weighted by Gasteiger charge is -2.04. The van der Waals surface area contributed by atoms with Crippen molar-refractivity contribution in [2.24, 2.45) is 5.14 Å². The Labute approximate surface area is 153 Å². The molecule has 0 atom stereocenters. The van der Waals surface area contributed by atoms with E-state index in [0.717, 1.165) is 0 Å². The lowest BCUT2D eigenvalue weighted by molar-refractivity contribution is 0.0697. The molecular weight excluding hydrogens is 376 g/mol. The zero-order valence-corrected chi connectivity index (χ0v) is 14.8. The van der Waals surface area contributed by atoms with E-state index in [9.17, 15) is 13.2 Å². The van der Waals surface area contributed by atoms with E-state index in [1.54, 1.807) is 29.6 Å². The molecule has 3 aromatic rings. The van der Waals surface area contributed by atoms with Crippen molar-refractivity contribution in [3.8, 4) is 0 Å². The Bertz CT molecular complexity index is 1030. The normalized spacial score (nSPS) is 11.1. The minimum atomic E-state index is -3.72. The Morgan fingerprint density at radius 1 is 1.00 bits per heavy atom. The van der Waals surface area contributed by atoms with Gasteiger partial charge in [-0.15, -0.1) is 11.3 Å². The zero-order chi connectivity index (χ0) is 18.7. The maximum atomic E-state index is 11.2. The molecule has 0 saturated carbocycles. The van der Waals surface area contributed by atoms with E-state index >= 15 is 0 Å². The van der Waals surface area contributed by atoms with Crippen LogP contribution in [0.4, 0.5) is 22.3 Å². The molecule has 0 aliphatic heterocycles. The van der Waals surface area contributed by atoms with E-state index in [1.165, 1.54) is 35.6 Å². The van der Waals surface area contributed by atoms with Gasteiger partial charge in [0.2, 0.25) is 10.0 Å². The highest BCUT2D eigenvalue weighted by Crippen LogP contribution is 2.26. The molecule has 3 rings (SSSR count). The van der Waals surface area contributed by atoms with Crippen LogP contribution >= 0.6 is 11.3 Å². The highest BCUT2D eigenvalue weighted by molar-refractivity contribution is 7.89. The fourth-order valence-corrected chi connectivity index (χ4v) is 3.26. The van der Waals surface area contributed by atoms with Crippen molar-refractivity contribution in [2.75, 3.05) is 10.6 Å². The molecule has 1 aromatic heterocycles. The largest absolute Gasteiger partial charge is 0.478 e. The van der Waals surface area contributed by atoms with Gasteiger partial charge in [0.15, 0.2) is 5.13 Å². The number of aromatic nitrogens is 1.